The van der Waals surface area contributed by atoms with Gasteiger partial charge in [-0.05, 0) is 51.3 Å². The largest absolute Gasteiger partial charge is 0.444 e. The summed E-state index contributed by atoms with van der Waals surface area (Å²) in [6.45, 7) is 6.07. The standard InChI is InChI=1S/C15H21ClN2O2/c1-14(2,3)20-13(19)18-12-5-4-10(8-11(12)16)15(9-17)6-7-15/h4-5,8H,6-7,9,17H2,1-3H3,(H,18,19). The van der Waals surface area contributed by atoms with E-state index in [1.807, 2.05) is 32.9 Å². The van der Waals surface area contributed by atoms with Crippen LogP contribution in [0.3, 0.4) is 0 Å². The van der Waals surface area contributed by atoms with Gasteiger partial charge in [0.2, 0.25) is 0 Å². The van der Waals surface area contributed by atoms with Crippen molar-refractivity contribution in [1.29, 1.82) is 0 Å². The first-order chi connectivity index (χ1) is 9.26. The topological polar surface area (TPSA) is 64.3 Å². The molecule has 2 rings (SSSR count). The van der Waals surface area contributed by atoms with E-state index in [0.717, 1.165) is 18.4 Å². The van der Waals surface area contributed by atoms with Gasteiger partial charge in [0, 0.05) is 12.0 Å². The highest BCUT2D eigenvalue weighted by Gasteiger charge is 2.42. The molecule has 0 radical (unpaired) electrons. The molecule has 0 aromatic heterocycles. The van der Waals surface area contributed by atoms with Gasteiger partial charge in [-0.2, -0.15) is 0 Å². The summed E-state index contributed by atoms with van der Waals surface area (Å²) in [5.74, 6) is 0. The molecule has 0 heterocycles. The van der Waals surface area contributed by atoms with Crippen LogP contribution in [-0.2, 0) is 10.2 Å². The molecule has 4 nitrogen and oxygen atoms in total. The van der Waals surface area contributed by atoms with Crippen LogP contribution in [0.4, 0.5) is 10.5 Å². The second kappa shape index (κ2) is 5.26. The highest BCUT2D eigenvalue weighted by atomic mass is 35.5. The quantitative estimate of drug-likeness (QED) is 0.894. The number of anilines is 1. The number of rotatable bonds is 3. The third-order valence-corrected chi connectivity index (χ3v) is 3.77. The number of hydrogen-bond acceptors (Lipinski definition) is 3. The van der Waals surface area contributed by atoms with Crippen molar-refractivity contribution in [2.45, 2.75) is 44.6 Å². The molecule has 0 spiro atoms. The van der Waals surface area contributed by atoms with Crippen LogP contribution in [-0.4, -0.2) is 18.2 Å². The maximum atomic E-state index is 11.7. The van der Waals surface area contributed by atoms with Gasteiger partial charge in [-0.1, -0.05) is 17.7 Å². The molecule has 0 bridgehead atoms. The van der Waals surface area contributed by atoms with Crippen molar-refractivity contribution in [1.82, 2.24) is 0 Å². The maximum absolute atomic E-state index is 11.7. The molecule has 1 aliphatic carbocycles. The van der Waals surface area contributed by atoms with E-state index < -0.39 is 11.7 Å². The molecular formula is C15H21ClN2O2. The number of benzene rings is 1. The Morgan fingerprint density at radius 1 is 1.45 bits per heavy atom. The second-order valence-corrected chi connectivity index (χ2v) is 6.71. The molecule has 1 saturated carbocycles. The van der Waals surface area contributed by atoms with Gasteiger partial charge in [-0.25, -0.2) is 4.79 Å². The minimum Gasteiger partial charge on any atom is -0.444 e. The number of carbonyl (C=O) groups is 1. The fourth-order valence-electron chi connectivity index (χ4n) is 2.12. The zero-order chi connectivity index (χ0) is 15.0. The molecule has 0 aliphatic heterocycles. The lowest BCUT2D eigenvalue weighted by atomic mass is 9.96. The van der Waals surface area contributed by atoms with Crippen molar-refractivity contribution in [2.75, 3.05) is 11.9 Å². The Balaban J connectivity index is 2.09. The third-order valence-electron chi connectivity index (χ3n) is 3.46. The van der Waals surface area contributed by atoms with E-state index in [0.29, 0.717) is 17.3 Å². The van der Waals surface area contributed by atoms with E-state index in [2.05, 4.69) is 5.32 Å². The van der Waals surface area contributed by atoms with E-state index >= 15 is 0 Å². The second-order valence-electron chi connectivity index (χ2n) is 6.31. The third kappa shape index (κ3) is 3.44. The lowest BCUT2D eigenvalue weighted by Gasteiger charge is -2.20. The average molecular weight is 297 g/mol. The molecule has 1 aromatic rings. The molecule has 1 aromatic carbocycles. The van der Waals surface area contributed by atoms with Crippen molar-refractivity contribution in [3.63, 3.8) is 0 Å². The lowest BCUT2D eigenvalue weighted by molar-refractivity contribution is 0.0636. The predicted octanol–water partition coefficient (Wildman–Crippen LogP) is 3.68. The van der Waals surface area contributed by atoms with Crippen LogP contribution >= 0.6 is 11.6 Å². The van der Waals surface area contributed by atoms with Gasteiger partial charge in [0.05, 0.1) is 10.7 Å². The van der Waals surface area contributed by atoms with Crippen LogP contribution in [0.25, 0.3) is 0 Å². The van der Waals surface area contributed by atoms with Crippen LogP contribution in [0.2, 0.25) is 5.02 Å². The van der Waals surface area contributed by atoms with Crippen LogP contribution < -0.4 is 11.1 Å². The van der Waals surface area contributed by atoms with Crippen molar-refractivity contribution >= 4 is 23.4 Å². The molecule has 1 fully saturated rings. The van der Waals surface area contributed by atoms with E-state index in [4.69, 9.17) is 22.1 Å². The SMILES string of the molecule is CC(C)(C)OC(=O)Nc1ccc(C2(CN)CC2)cc1Cl. The maximum Gasteiger partial charge on any atom is 0.412 e. The molecule has 3 N–H and O–H groups in total. The number of ether oxygens (including phenoxy) is 1. The summed E-state index contributed by atoms with van der Waals surface area (Å²) in [6, 6.07) is 5.66. The number of halogens is 1. The summed E-state index contributed by atoms with van der Waals surface area (Å²) in [6.07, 6.45) is 1.68. The van der Waals surface area contributed by atoms with Crippen molar-refractivity contribution < 1.29 is 9.53 Å². The normalized spacial score (nSPS) is 16.6. The number of amides is 1. The molecular weight excluding hydrogens is 276 g/mol. The first kappa shape index (κ1) is 15.1. The van der Waals surface area contributed by atoms with E-state index in [1.54, 1.807) is 6.07 Å². The van der Waals surface area contributed by atoms with E-state index in [-0.39, 0.29) is 5.41 Å². The average Bonchev–Trinajstić information content (AvgIpc) is 3.10. The minimum atomic E-state index is -0.534. The Labute approximate surface area is 124 Å². The van der Waals surface area contributed by atoms with Gasteiger partial charge in [-0.3, -0.25) is 5.32 Å². The fraction of sp³-hybridized carbons (Fsp3) is 0.533. The summed E-state index contributed by atoms with van der Waals surface area (Å²) >= 11 is 6.22. The number of carbonyl (C=O) groups excluding carboxylic acids is 1. The highest BCUT2D eigenvalue weighted by Crippen LogP contribution is 2.48. The summed E-state index contributed by atoms with van der Waals surface area (Å²) in [4.78, 5) is 11.7. The Bertz CT molecular complexity index is 519. The van der Waals surface area contributed by atoms with Gasteiger partial charge >= 0.3 is 6.09 Å². The monoisotopic (exact) mass is 296 g/mol. The zero-order valence-electron chi connectivity index (χ0n) is 12.1. The summed E-state index contributed by atoms with van der Waals surface area (Å²) in [5.41, 5.74) is 7.06. The Morgan fingerprint density at radius 3 is 2.55 bits per heavy atom. The van der Waals surface area contributed by atoms with Crippen LogP contribution in [0.1, 0.15) is 39.2 Å². The van der Waals surface area contributed by atoms with Crippen molar-refractivity contribution in [2.24, 2.45) is 5.73 Å². The smallest absolute Gasteiger partial charge is 0.412 e. The summed E-state index contributed by atoms with van der Waals surface area (Å²) < 4.78 is 5.20. The number of hydrogen-bond donors (Lipinski definition) is 2. The lowest BCUT2D eigenvalue weighted by Crippen LogP contribution is -2.27. The Hall–Kier alpha value is -1.26. The van der Waals surface area contributed by atoms with Gasteiger partial charge < -0.3 is 10.5 Å². The van der Waals surface area contributed by atoms with Gasteiger partial charge in [0.15, 0.2) is 0 Å². The number of nitrogens with two attached hydrogens (primary N) is 1. The first-order valence-electron chi connectivity index (χ1n) is 6.76. The molecule has 0 atom stereocenters. The van der Waals surface area contributed by atoms with Crippen LogP contribution in [0, 0.1) is 0 Å². The Kier molecular flexibility index (Phi) is 3.98. The zero-order valence-corrected chi connectivity index (χ0v) is 12.9. The predicted molar refractivity (Wildman–Crippen MR) is 81.3 cm³/mol. The van der Waals surface area contributed by atoms with Gasteiger partial charge in [0.1, 0.15) is 5.60 Å². The molecule has 0 unspecified atom stereocenters. The molecule has 110 valence electrons. The molecule has 0 saturated heterocycles. The van der Waals surface area contributed by atoms with Crippen LogP contribution in [0.5, 0.6) is 0 Å². The number of nitrogens with one attached hydrogen (secondary N) is 1. The Morgan fingerprint density at radius 2 is 2.10 bits per heavy atom. The molecule has 1 amide bonds. The van der Waals surface area contributed by atoms with Crippen molar-refractivity contribution in [3.8, 4) is 0 Å². The van der Waals surface area contributed by atoms with Crippen LogP contribution in [0.15, 0.2) is 18.2 Å². The fourth-order valence-corrected chi connectivity index (χ4v) is 2.35. The minimum absolute atomic E-state index is 0.0914. The molecule has 5 heteroatoms. The van der Waals surface area contributed by atoms with E-state index in [1.165, 1.54) is 0 Å². The first-order valence-corrected chi connectivity index (χ1v) is 7.14. The summed E-state index contributed by atoms with van der Waals surface area (Å²) in [7, 11) is 0. The van der Waals surface area contributed by atoms with E-state index in [9.17, 15) is 4.79 Å². The van der Waals surface area contributed by atoms with Gasteiger partial charge in [0.25, 0.3) is 0 Å². The molecule has 1 aliphatic rings. The highest BCUT2D eigenvalue weighted by molar-refractivity contribution is 6.33. The molecule has 20 heavy (non-hydrogen) atoms. The summed E-state index contributed by atoms with van der Waals surface area (Å²) in [5, 5.41) is 3.17. The van der Waals surface area contributed by atoms with Gasteiger partial charge in [-0.15, -0.1) is 0 Å². The van der Waals surface area contributed by atoms with Crippen molar-refractivity contribution in [3.05, 3.63) is 28.8 Å².